The maximum atomic E-state index is 11.0. The zero-order valence-corrected chi connectivity index (χ0v) is 10.6. The number of primary sulfonamides is 1. The SMILES string of the molecule is CC(CN1CC(S(N)(=O)=O)C1I)=NO. The molecule has 2 atom stereocenters. The van der Waals surface area contributed by atoms with Crippen LogP contribution < -0.4 is 5.14 Å². The van der Waals surface area contributed by atoms with Crippen molar-refractivity contribution >= 4 is 38.3 Å². The number of nitrogens with two attached hydrogens (primary N) is 1. The molecule has 82 valence electrons. The molecule has 0 aromatic carbocycles. The van der Waals surface area contributed by atoms with E-state index in [2.05, 4.69) is 5.16 Å². The van der Waals surface area contributed by atoms with E-state index in [1.54, 1.807) is 6.92 Å². The van der Waals surface area contributed by atoms with Crippen LogP contribution in [0.1, 0.15) is 6.92 Å². The van der Waals surface area contributed by atoms with Crippen LogP contribution in [0.25, 0.3) is 0 Å². The van der Waals surface area contributed by atoms with Crippen LogP contribution in [0.4, 0.5) is 0 Å². The van der Waals surface area contributed by atoms with Crippen LogP contribution in [-0.2, 0) is 10.0 Å². The van der Waals surface area contributed by atoms with Crippen molar-refractivity contribution in [3.05, 3.63) is 0 Å². The Labute approximate surface area is 96.3 Å². The number of hydrogen-bond acceptors (Lipinski definition) is 5. The summed E-state index contributed by atoms with van der Waals surface area (Å²) in [6.07, 6.45) is 0. The van der Waals surface area contributed by atoms with Crippen LogP contribution in [-0.4, -0.2) is 46.6 Å². The Hall–Kier alpha value is 0.0700. The van der Waals surface area contributed by atoms with E-state index < -0.39 is 15.3 Å². The largest absolute Gasteiger partial charge is 0.411 e. The summed E-state index contributed by atoms with van der Waals surface area (Å²) in [6, 6.07) is 0. The molecule has 1 saturated heterocycles. The lowest BCUT2D eigenvalue weighted by molar-refractivity contribution is 0.194. The van der Waals surface area contributed by atoms with Crippen molar-refractivity contribution in [1.29, 1.82) is 0 Å². The minimum Gasteiger partial charge on any atom is -0.411 e. The minimum atomic E-state index is -3.44. The molecule has 0 aliphatic carbocycles. The molecule has 0 amide bonds. The maximum absolute atomic E-state index is 11.0. The fourth-order valence-corrected chi connectivity index (χ4v) is 4.02. The number of oxime groups is 1. The number of halogens is 1. The molecule has 0 spiro atoms. The number of nitrogens with zero attached hydrogens (tertiary/aromatic N) is 2. The molecule has 2 unspecified atom stereocenters. The molecule has 1 heterocycles. The van der Waals surface area contributed by atoms with E-state index in [1.807, 2.05) is 27.5 Å². The highest BCUT2D eigenvalue weighted by Crippen LogP contribution is 2.28. The third-order valence-electron chi connectivity index (χ3n) is 2.09. The fourth-order valence-electron chi connectivity index (χ4n) is 1.25. The fraction of sp³-hybridized carbons (Fsp3) is 0.833. The van der Waals surface area contributed by atoms with Gasteiger partial charge in [0.05, 0.1) is 9.76 Å². The van der Waals surface area contributed by atoms with Crippen molar-refractivity contribution in [2.75, 3.05) is 13.1 Å². The molecule has 8 heteroatoms. The summed E-state index contributed by atoms with van der Waals surface area (Å²) in [6.45, 7) is 2.54. The first kappa shape index (κ1) is 12.1. The normalized spacial score (nSPS) is 30.1. The molecule has 0 saturated carbocycles. The predicted molar refractivity (Wildman–Crippen MR) is 61.2 cm³/mol. The van der Waals surface area contributed by atoms with Gasteiger partial charge in [0.15, 0.2) is 0 Å². The second kappa shape index (κ2) is 4.29. The molecule has 14 heavy (non-hydrogen) atoms. The molecule has 3 N–H and O–H groups in total. The molecule has 1 fully saturated rings. The second-order valence-corrected chi connectivity index (χ2v) is 6.32. The van der Waals surface area contributed by atoms with Crippen LogP contribution in [0.2, 0.25) is 0 Å². The van der Waals surface area contributed by atoms with Gasteiger partial charge in [0.1, 0.15) is 5.25 Å². The second-order valence-electron chi connectivity index (χ2n) is 3.26. The van der Waals surface area contributed by atoms with Gasteiger partial charge in [-0.2, -0.15) is 0 Å². The summed E-state index contributed by atoms with van der Waals surface area (Å²) in [7, 11) is -3.44. The smallest absolute Gasteiger partial charge is 0.215 e. The van der Waals surface area contributed by atoms with Crippen molar-refractivity contribution in [1.82, 2.24) is 4.90 Å². The number of alkyl halides is 1. The molecular formula is C6H12IN3O3S. The molecule has 0 aromatic heterocycles. The van der Waals surface area contributed by atoms with E-state index in [4.69, 9.17) is 10.3 Å². The third-order valence-corrected chi connectivity index (χ3v) is 5.49. The van der Waals surface area contributed by atoms with Crippen LogP contribution in [0.3, 0.4) is 0 Å². The zero-order chi connectivity index (χ0) is 10.9. The molecule has 1 rings (SSSR count). The standard InChI is InChI=1S/C6H12IN3O3S/c1-4(9-11)2-10-3-5(6(10)7)14(8,12)13/h5-6,11H,2-3H2,1H3,(H2,8,12,13). The zero-order valence-electron chi connectivity index (χ0n) is 7.59. The summed E-state index contributed by atoms with van der Waals surface area (Å²) >= 11 is 2.02. The average molecular weight is 333 g/mol. The molecule has 0 aromatic rings. The Morgan fingerprint density at radius 3 is 2.71 bits per heavy atom. The van der Waals surface area contributed by atoms with Gasteiger partial charge < -0.3 is 5.21 Å². The summed E-state index contributed by atoms with van der Waals surface area (Å²) in [4.78, 5) is 1.88. The molecule has 0 radical (unpaired) electrons. The van der Waals surface area contributed by atoms with E-state index in [0.29, 0.717) is 18.8 Å². The van der Waals surface area contributed by atoms with Crippen molar-refractivity contribution in [3.8, 4) is 0 Å². The average Bonchev–Trinajstić information content (AvgIpc) is 2.08. The Balaban J connectivity index is 2.53. The summed E-state index contributed by atoms with van der Waals surface area (Å²) in [5.41, 5.74) is 0.555. The molecule has 6 nitrogen and oxygen atoms in total. The van der Waals surface area contributed by atoms with Crippen molar-refractivity contribution in [3.63, 3.8) is 0 Å². The number of sulfonamides is 1. The van der Waals surface area contributed by atoms with Crippen LogP contribution in [0.5, 0.6) is 0 Å². The maximum Gasteiger partial charge on any atom is 0.215 e. The highest BCUT2D eigenvalue weighted by molar-refractivity contribution is 14.1. The lowest BCUT2D eigenvalue weighted by Crippen LogP contribution is -2.62. The van der Waals surface area contributed by atoms with Gasteiger partial charge in [-0.1, -0.05) is 27.7 Å². The Kier molecular flexibility index (Phi) is 3.72. The molecule has 0 bridgehead atoms. The summed E-state index contributed by atoms with van der Waals surface area (Å²) in [5.74, 6) is 0. The number of hydrogen-bond donors (Lipinski definition) is 2. The third kappa shape index (κ3) is 2.55. The quantitative estimate of drug-likeness (QED) is 0.183. The highest BCUT2D eigenvalue weighted by atomic mass is 127. The molecular weight excluding hydrogens is 321 g/mol. The van der Waals surface area contributed by atoms with Gasteiger partial charge in [0.25, 0.3) is 0 Å². The van der Waals surface area contributed by atoms with Gasteiger partial charge in [-0.05, 0) is 6.92 Å². The highest BCUT2D eigenvalue weighted by Gasteiger charge is 2.43. The van der Waals surface area contributed by atoms with E-state index in [1.165, 1.54) is 0 Å². The van der Waals surface area contributed by atoms with E-state index in [-0.39, 0.29) is 4.05 Å². The lowest BCUT2D eigenvalue weighted by Gasteiger charge is -2.43. The van der Waals surface area contributed by atoms with Gasteiger partial charge in [-0.15, -0.1) is 0 Å². The topological polar surface area (TPSA) is 96.0 Å². The first-order valence-corrected chi connectivity index (χ1v) is 6.79. The van der Waals surface area contributed by atoms with E-state index in [9.17, 15) is 8.42 Å². The lowest BCUT2D eigenvalue weighted by atomic mass is 10.2. The van der Waals surface area contributed by atoms with Crippen LogP contribution >= 0.6 is 22.6 Å². The monoisotopic (exact) mass is 333 g/mol. The van der Waals surface area contributed by atoms with Gasteiger partial charge in [-0.3, -0.25) is 4.90 Å². The Morgan fingerprint density at radius 1 is 1.79 bits per heavy atom. The first-order chi connectivity index (χ1) is 6.36. The van der Waals surface area contributed by atoms with Crippen molar-refractivity contribution in [2.24, 2.45) is 10.3 Å². The van der Waals surface area contributed by atoms with Crippen molar-refractivity contribution in [2.45, 2.75) is 16.2 Å². The minimum absolute atomic E-state index is 0.140. The van der Waals surface area contributed by atoms with Crippen LogP contribution in [0, 0.1) is 0 Å². The van der Waals surface area contributed by atoms with Crippen LogP contribution in [0.15, 0.2) is 5.16 Å². The summed E-state index contributed by atoms with van der Waals surface area (Å²) < 4.78 is 21.8. The van der Waals surface area contributed by atoms with Gasteiger partial charge in [0.2, 0.25) is 10.0 Å². The number of likely N-dealkylation sites (tertiary alicyclic amines) is 1. The van der Waals surface area contributed by atoms with Gasteiger partial charge in [0, 0.05) is 13.1 Å². The molecule has 1 aliphatic heterocycles. The Morgan fingerprint density at radius 2 is 2.36 bits per heavy atom. The van der Waals surface area contributed by atoms with Gasteiger partial charge in [-0.25, -0.2) is 13.6 Å². The first-order valence-electron chi connectivity index (χ1n) is 3.93. The predicted octanol–water partition coefficient (Wildman–Crippen LogP) is -0.430. The van der Waals surface area contributed by atoms with E-state index in [0.717, 1.165) is 0 Å². The summed E-state index contributed by atoms with van der Waals surface area (Å²) in [5, 5.41) is 16.0. The Bertz CT molecular complexity index is 342. The van der Waals surface area contributed by atoms with Crippen molar-refractivity contribution < 1.29 is 13.6 Å². The van der Waals surface area contributed by atoms with Gasteiger partial charge >= 0.3 is 0 Å². The molecule has 1 aliphatic rings. The number of rotatable bonds is 3. The van der Waals surface area contributed by atoms with E-state index >= 15 is 0 Å².